The summed E-state index contributed by atoms with van der Waals surface area (Å²) in [5, 5.41) is 2.92. The molecule has 0 fully saturated rings. The topological polar surface area (TPSA) is 75.3 Å². The van der Waals surface area contributed by atoms with Crippen LogP contribution in [-0.4, -0.2) is 20.9 Å². The molecule has 3 rings (SSSR count). The summed E-state index contributed by atoms with van der Waals surface area (Å²) in [5.41, 5.74) is 2.34. The molecular weight excluding hydrogens is 343 g/mol. The molecular formula is C18H19FN2O3S. The van der Waals surface area contributed by atoms with E-state index in [-0.39, 0.29) is 24.9 Å². The van der Waals surface area contributed by atoms with E-state index in [1.54, 1.807) is 0 Å². The molecule has 0 heterocycles. The molecule has 132 valence electrons. The van der Waals surface area contributed by atoms with Crippen LogP contribution in [0.4, 0.5) is 4.39 Å². The van der Waals surface area contributed by atoms with Gasteiger partial charge in [-0.2, -0.15) is 0 Å². The van der Waals surface area contributed by atoms with E-state index in [0.29, 0.717) is 0 Å². The molecule has 2 aromatic carbocycles. The first-order valence-corrected chi connectivity index (χ1v) is 9.57. The Balaban J connectivity index is 1.53. The van der Waals surface area contributed by atoms with Crippen molar-refractivity contribution in [3.63, 3.8) is 0 Å². The number of aryl methyl sites for hydroxylation is 1. The molecule has 0 bridgehead atoms. The minimum atomic E-state index is -3.97. The lowest BCUT2D eigenvalue weighted by Crippen LogP contribution is -2.32. The summed E-state index contributed by atoms with van der Waals surface area (Å²) in [6, 6.07) is 13.0. The highest BCUT2D eigenvalue weighted by Crippen LogP contribution is 2.30. The van der Waals surface area contributed by atoms with Gasteiger partial charge in [0.1, 0.15) is 10.7 Å². The molecule has 0 saturated heterocycles. The number of nitrogens with one attached hydrogen (secondary N) is 2. The summed E-state index contributed by atoms with van der Waals surface area (Å²) in [4.78, 5) is 11.7. The molecule has 0 aromatic heterocycles. The monoisotopic (exact) mass is 362 g/mol. The van der Waals surface area contributed by atoms with E-state index in [4.69, 9.17) is 0 Å². The molecule has 25 heavy (non-hydrogen) atoms. The summed E-state index contributed by atoms with van der Waals surface area (Å²) in [5.74, 6) is -1.06. The maximum Gasteiger partial charge on any atom is 0.243 e. The molecule has 1 aliphatic rings. The molecule has 1 atom stereocenters. The number of fused-ring (bicyclic) bond motifs is 1. The fourth-order valence-electron chi connectivity index (χ4n) is 3.01. The van der Waals surface area contributed by atoms with E-state index in [1.807, 2.05) is 24.3 Å². The van der Waals surface area contributed by atoms with E-state index < -0.39 is 20.7 Å². The van der Waals surface area contributed by atoms with Gasteiger partial charge in [0.15, 0.2) is 0 Å². The molecule has 0 unspecified atom stereocenters. The van der Waals surface area contributed by atoms with Crippen molar-refractivity contribution < 1.29 is 17.6 Å². The van der Waals surface area contributed by atoms with Gasteiger partial charge in [-0.1, -0.05) is 36.4 Å². The summed E-state index contributed by atoms with van der Waals surface area (Å²) in [6.45, 7) is -0.0864. The third-order valence-electron chi connectivity index (χ3n) is 4.24. The zero-order valence-corrected chi connectivity index (χ0v) is 14.4. The van der Waals surface area contributed by atoms with E-state index in [1.165, 1.54) is 23.8 Å². The predicted octanol–water partition coefficient (Wildman–Crippen LogP) is 2.30. The van der Waals surface area contributed by atoms with Crippen LogP contribution in [0.2, 0.25) is 0 Å². The van der Waals surface area contributed by atoms with Gasteiger partial charge in [-0.05, 0) is 36.1 Å². The number of benzene rings is 2. The highest BCUT2D eigenvalue weighted by molar-refractivity contribution is 7.89. The van der Waals surface area contributed by atoms with Crippen LogP contribution in [0.5, 0.6) is 0 Å². The van der Waals surface area contributed by atoms with Crippen LogP contribution in [0.15, 0.2) is 53.4 Å². The second-order valence-corrected chi connectivity index (χ2v) is 7.67. The van der Waals surface area contributed by atoms with Gasteiger partial charge in [0.25, 0.3) is 0 Å². The Morgan fingerprint density at radius 2 is 1.84 bits per heavy atom. The summed E-state index contributed by atoms with van der Waals surface area (Å²) < 4.78 is 40.0. The Bertz CT molecular complexity index is 883. The number of carbonyl (C=O) groups excluding carboxylic acids is 1. The van der Waals surface area contributed by atoms with Crippen molar-refractivity contribution in [3.05, 3.63) is 65.5 Å². The maximum absolute atomic E-state index is 13.6. The minimum Gasteiger partial charge on any atom is -0.349 e. The molecule has 2 aromatic rings. The van der Waals surface area contributed by atoms with Crippen molar-refractivity contribution in [2.45, 2.75) is 30.2 Å². The van der Waals surface area contributed by atoms with Crippen molar-refractivity contribution in [1.82, 2.24) is 10.0 Å². The number of hydrogen-bond acceptors (Lipinski definition) is 3. The largest absolute Gasteiger partial charge is 0.349 e. The lowest BCUT2D eigenvalue weighted by atomic mass is 10.1. The number of sulfonamides is 1. The number of halogens is 1. The van der Waals surface area contributed by atoms with Gasteiger partial charge in [0.2, 0.25) is 15.9 Å². The standard InChI is InChI=1S/C18H19FN2O3S/c19-15-7-3-4-8-17(15)25(23,24)20-12-11-18(22)21-16-10-9-13-5-1-2-6-14(13)16/h1-8,16,20H,9-12H2,(H,21,22)/t16-/m0/s1. The second-order valence-electron chi connectivity index (χ2n) is 5.94. The Kier molecular flexibility index (Phi) is 5.15. The fourth-order valence-corrected chi connectivity index (χ4v) is 4.12. The van der Waals surface area contributed by atoms with Gasteiger partial charge in [-0.25, -0.2) is 17.5 Å². The number of amides is 1. The lowest BCUT2D eigenvalue weighted by Gasteiger charge is -2.14. The van der Waals surface area contributed by atoms with Crippen LogP contribution in [0.25, 0.3) is 0 Å². The van der Waals surface area contributed by atoms with Gasteiger partial charge in [0.05, 0.1) is 6.04 Å². The zero-order valence-electron chi connectivity index (χ0n) is 13.5. The zero-order chi connectivity index (χ0) is 17.9. The van der Waals surface area contributed by atoms with Gasteiger partial charge in [-0.15, -0.1) is 0 Å². The van der Waals surface area contributed by atoms with Crippen molar-refractivity contribution in [2.24, 2.45) is 0 Å². The van der Waals surface area contributed by atoms with Crippen molar-refractivity contribution >= 4 is 15.9 Å². The SMILES string of the molecule is O=C(CCNS(=O)(=O)c1ccccc1F)N[C@H]1CCc2ccccc21. The average molecular weight is 362 g/mol. The fraction of sp³-hybridized carbons (Fsp3) is 0.278. The summed E-state index contributed by atoms with van der Waals surface area (Å²) >= 11 is 0. The second kappa shape index (κ2) is 7.33. The molecule has 1 aliphatic carbocycles. The maximum atomic E-state index is 13.6. The highest BCUT2D eigenvalue weighted by Gasteiger charge is 2.23. The van der Waals surface area contributed by atoms with Gasteiger partial charge in [0, 0.05) is 13.0 Å². The third kappa shape index (κ3) is 4.05. The normalized spacial score (nSPS) is 16.4. The smallest absolute Gasteiger partial charge is 0.243 e. The van der Waals surface area contributed by atoms with Crippen molar-refractivity contribution in [2.75, 3.05) is 6.54 Å². The summed E-state index contributed by atoms with van der Waals surface area (Å²) in [6.07, 6.45) is 1.75. The molecule has 0 aliphatic heterocycles. The Morgan fingerprint density at radius 1 is 1.12 bits per heavy atom. The minimum absolute atomic E-state index is 0.00759. The molecule has 2 N–H and O–H groups in total. The summed E-state index contributed by atoms with van der Waals surface area (Å²) in [7, 11) is -3.97. The number of hydrogen-bond donors (Lipinski definition) is 2. The molecule has 5 nitrogen and oxygen atoms in total. The highest BCUT2D eigenvalue weighted by atomic mass is 32.2. The number of carbonyl (C=O) groups is 1. The van der Waals surface area contributed by atoms with E-state index >= 15 is 0 Å². The van der Waals surface area contributed by atoms with E-state index in [9.17, 15) is 17.6 Å². The van der Waals surface area contributed by atoms with Crippen LogP contribution < -0.4 is 10.0 Å². The average Bonchev–Trinajstić information content (AvgIpc) is 2.98. The van der Waals surface area contributed by atoms with Gasteiger partial charge in [-0.3, -0.25) is 4.79 Å². The van der Waals surface area contributed by atoms with Crippen LogP contribution in [0, 0.1) is 5.82 Å². The predicted molar refractivity (Wildman–Crippen MR) is 91.9 cm³/mol. The molecule has 0 radical (unpaired) electrons. The van der Waals surface area contributed by atoms with Gasteiger partial charge >= 0.3 is 0 Å². The molecule has 0 saturated carbocycles. The van der Waals surface area contributed by atoms with Gasteiger partial charge < -0.3 is 5.32 Å². The Labute approximate surface area is 146 Å². The van der Waals surface area contributed by atoms with Crippen LogP contribution >= 0.6 is 0 Å². The van der Waals surface area contributed by atoms with E-state index in [0.717, 1.165) is 24.5 Å². The van der Waals surface area contributed by atoms with Crippen molar-refractivity contribution in [3.8, 4) is 0 Å². The Hall–Kier alpha value is -2.25. The van der Waals surface area contributed by atoms with E-state index in [2.05, 4.69) is 10.0 Å². The lowest BCUT2D eigenvalue weighted by molar-refractivity contribution is -0.121. The van der Waals surface area contributed by atoms with Crippen LogP contribution in [-0.2, 0) is 21.2 Å². The molecule has 0 spiro atoms. The van der Waals surface area contributed by atoms with Crippen molar-refractivity contribution in [1.29, 1.82) is 0 Å². The Morgan fingerprint density at radius 3 is 2.64 bits per heavy atom. The third-order valence-corrected chi connectivity index (χ3v) is 5.73. The first-order valence-electron chi connectivity index (χ1n) is 8.09. The quantitative estimate of drug-likeness (QED) is 0.828. The van der Waals surface area contributed by atoms with Crippen LogP contribution in [0.3, 0.4) is 0 Å². The first-order chi connectivity index (χ1) is 12.0. The first kappa shape index (κ1) is 17.6. The molecule has 1 amide bonds. The molecule has 7 heteroatoms. The van der Waals surface area contributed by atoms with Crippen LogP contribution in [0.1, 0.15) is 30.0 Å². The number of rotatable bonds is 6.